The fourth-order valence-electron chi connectivity index (χ4n) is 4.15. The van der Waals surface area contributed by atoms with Crippen LogP contribution in [0.3, 0.4) is 0 Å². The SMILES string of the molecule is CCCNC(=O)[C@H](CC)N(Cc1ccc(Cl)c(Cl)c1)C(=O)CN(c1cccc(C)c1)S(=O)(=O)c1ccccc1. The Labute approximate surface area is 240 Å². The maximum Gasteiger partial charge on any atom is 0.264 e. The van der Waals surface area contributed by atoms with Gasteiger partial charge in [0, 0.05) is 13.1 Å². The number of nitrogens with one attached hydrogen (secondary N) is 1. The molecule has 1 atom stereocenters. The van der Waals surface area contributed by atoms with E-state index >= 15 is 0 Å². The third kappa shape index (κ3) is 7.75. The molecule has 3 aromatic rings. The maximum atomic E-state index is 14.0. The van der Waals surface area contributed by atoms with E-state index in [2.05, 4.69) is 5.32 Å². The Hall–Kier alpha value is -3.07. The molecule has 0 saturated carbocycles. The van der Waals surface area contributed by atoms with Crippen LogP contribution in [0.15, 0.2) is 77.7 Å². The fraction of sp³-hybridized carbons (Fsp3) is 0.310. The summed E-state index contributed by atoms with van der Waals surface area (Å²) in [4.78, 5) is 28.6. The molecule has 0 spiro atoms. The number of nitrogens with zero attached hydrogens (tertiary/aromatic N) is 2. The molecule has 0 heterocycles. The third-order valence-electron chi connectivity index (χ3n) is 6.17. The van der Waals surface area contributed by atoms with Crippen molar-refractivity contribution in [3.63, 3.8) is 0 Å². The highest BCUT2D eigenvalue weighted by atomic mass is 35.5. The minimum atomic E-state index is -4.10. The summed E-state index contributed by atoms with van der Waals surface area (Å²) in [6, 6.07) is 19.1. The molecule has 3 rings (SSSR count). The molecule has 0 aliphatic rings. The van der Waals surface area contributed by atoms with E-state index in [1.165, 1.54) is 17.0 Å². The summed E-state index contributed by atoms with van der Waals surface area (Å²) in [5, 5.41) is 3.55. The van der Waals surface area contributed by atoms with Crippen LogP contribution in [0.25, 0.3) is 0 Å². The smallest absolute Gasteiger partial charge is 0.264 e. The van der Waals surface area contributed by atoms with E-state index in [9.17, 15) is 18.0 Å². The van der Waals surface area contributed by atoms with Gasteiger partial charge in [0.15, 0.2) is 0 Å². The van der Waals surface area contributed by atoms with Crippen LogP contribution in [0.4, 0.5) is 5.69 Å². The molecule has 0 unspecified atom stereocenters. The average Bonchev–Trinajstić information content (AvgIpc) is 2.92. The van der Waals surface area contributed by atoms with Crippen molar-refractivity contribution in [3.05, 3.63) is 94.0 Å². The number of carbonyl (C=O) groups excluding carboxylic acids is 2. The normalized spacial score (nSPS) is 12.0. The lowest BCUT2D eigenvalue weighted by atomic mass is 10.1. The molecule has 0 bridgehead atoms. The Kier molecular flexibility index (Phi) is 10.8. The minimum Gasteiger partial charge on any atom is -0.354 e. The van der Waals surface area contributed by atoms with Crippen molar-refractivity contribution in [3.8, 4) is 0 Å². The van der Waals surface area contributed by atoms with E-state index in [0.29, 0.717) is 34.3 Å². The summed E-state index contributed by atoms with van der Waals surface area (Å²) in [5.74, 6) is -0.832. The first-order valence-corrected chi connectivity index (χ1v) is 14.9. The van der Waals surface area contributed by atoms with E-state index in [-0.39, 0.29) is 17.3 Å². The molecule has 0 fully saturated rings. The molecular formula is C29H33Cl2N3O4S. The Morgan fingerprint density at radius 2 is 1.64 bits per heavy atom. The first kappa shape index (κ1) is 30.5. The van der Waals surface area contributed by atoms with Gasteiger partial charge in [-0.05, 0) is 67.3 Å². The Balaban J connectivity index is 2.05. The molecule has 1 N–H and O–H groups in total. The Bertz CT molecular complexity index is 1400. The van der Waals surface area contributed by atoms with Crippen LogP contribution in [0.5, 0.6) is 0 Å². The van der Waals surface area contributed by atoms with Crippen LogP contribution in [0, 0.1) is 6.92 Å². The third-order valence-corrected chi connectivity index (χ3v) is 8.70. The number of amides is 2. The van der Waals surface area contributed by atoms with Gasteiger partial charge in [-0.1, -0.05) is 73.4 Å². The number of benzene rings is 3. The molecule has 10 heteroatoms. The summed E-state index contributed by atoms with van der Waals surface area (Å²) >= 11 is 12.3. The fourth-order valence-corrected chi connectivity index (χ4v) is 5.90. The van der Waals surface area contributed by atoms with E-state index in [1.807, 2.05) is 26.8 Å². The molecule has 0 aliphatic carbocycles. The van der Waals surface area contributed by atoms with Crippen LogP contribution in [-0.2, 0) is 26.2 Å². The first-order chi connectivity index (χ1) is 18.6. The number of carbonyl (C=O) groups is 2. The first-order valence-electron chi connectivity index (χ1n) is 12.7. The summed E-state index contributed by atoms with van der Waals surface area (Å²) in [6.07, 6.45) is 1.07. The van der Waals surface area contributed by atoms with Crippen molar-refractivity contribution in [1.82, 2.24) is 10.2 Å². The monoisotopic (exact) mass is 589 g/mol. The molecule has 2 amide bonds. The van der Waals surface area contributed by atoms with Crippen molar-refractivity contribution in [1.29, 1.82) is 0 Å². The number of sulfonamides is 1. The van der Waals surface area contributed by atoms with Crippen LogP contribution >= 0.6 is 23.2 Å². The second-order valence-corrected chi connectivity index (χ2v) is 11.8. The van der Waals surface area contributed by atoms with Gasteiger partial charge in [0.25, 0.3) is 10.0 Å². The maximum absolute atomic E-state index is 14.0. The lowest BCUT2D eigenvalue weighted by Gasteiger charge is -2.33. The van der Waals surface area contributed by atoms with Crippen molar-refractivity contribution in [2.24, 2.45) is 0 Å². The van der Waals surface area contributed by atoms with Gasteiger partial charge in [-0.25, -0.2) is 8.42 Å². The largest absolute Gasteiger partial charge is 0.354 e. The predicted molar refractivity (Wildman–Crippen MR) is 157 cm³/mol. The zero-order valence-corrected chi connectivity index (χ0v) is 24.6. The second-order valence-electron chi connectivity index (χ2n) is 9.15. The number of hydrogen-bond acceptors (Lipinski definition) is 4. The van der Waals surface area contributed by atoms with Crippen molar-refractivity contribution < 1.29 is 18.0 Å². The van der Waals surface area contributed by atoms with Crippen molar-refractivity contribution >= 4 is 50.7 Å². The molecule has 0 saturated heterocycles. The van der Waals surface area contributed by atoms with Gasteiger partial charge >= 0.3 is 0 Å². The summed E-state index contributed by atoms with van der Waals surface area (Å²) in [6.45, 7) is 5.60. The van der Waals surface area contributed by atoms with Gasteiger partial charge in [0.05, 0.1) is 20.6 Å². The zero-order chi connectivity index (χ0) is 28.6. The van der Waals surface area contributed by atoms with Gasteiger partial charge < -0.3 is 10.2 Å². The number of halogens is 2. The topological polar surface area (TPSA) is 86.8 Å². The summed E-state index contributed by atoms with van der Waals surface area (Å²) < 4.78 is 28.7. The molecule has 208 valence electrons. The Morgan fingerprint density at radius 3 is 2.26 bits per heavy atom. The Morgan fingerprint density at radius 1 is 0.923 bits per heavy atom. The van der Waals surface area contributed by atoms with E-state index in [4.69, 9.17) is 23.2 Å². The second kappa shape index (κ2) is 13.8. The van der Waals surface area contributed by atoms with E-state index < -0.39 is 28.5 Å². The highest BCUT2D eigenvalue weighted by molar-refractivity contribution is 7.92. The quantitative estimate of drug-likeness (QED) is 0.288. The molecule has 0 aliphatic heterocycles. The van der Waals surface area contributed by atoms with Gasteiger partial charge in [-0.15, -0.1) is 0 Å². The number of rotatable bonds is 12. The summed E-state index contributed by atoms with van der Waals surface area (Å²) in [5.41, 5.74) is 1.85. The number of hydrogen-bond donors (Lipinski definition) is 1. The van der Waals surface area contributed by atoms with Crippen molar-refractivity contribution in [2.75, 3.05) is 17.4 Å². The van der Waals surface area contributed by atoms with Gasteiger partial charge in [0.2, 0.25) is 11.8 Å². The molecule has 39 heavy (non-hydrogen) atoms. The van der Waals surface area contributed by atoms with Gasteiger partial charge in [0.1, 0.15) is 12.6 Å². The highest BCUT2D eigenvalue weighted by Gasteiger charge is 2.33. The lowest BCUT2D eigenvalue weighted by molar-refractivity contribution is -0.140. The van der Waals surface area contributed by atoms with Crippen LogP contribution in [0.2, 0.25) is 10.0 Å². The van der Waals surface area contributed by atoms with E-state index in [1.54, 1.807) is 54.6 Å². The highest BCUT2D eigenvalue weighted by Crippen LogP contribution is 2.27. The number of anilines is 1. The molecule has 7 nitrogen and oxygen atoms in total. The van der Waals surface area contributed by atoms with Crippen LogP contribution < -0.4 is 9.62 Å². The van der Waals surface area contributed by atoms with Crippen LogP contribution in [-0.4, -0.2) is 44.3 Å². The summed E-state index contributed by atoms with van der Waals surface area (Å²) in [7, 11) is -4.10. The van der Waals surface area contributed by atoms with Crippen LogP contribution in [0.1, 0.15) is 37.8 Å². The number of aryl methyl sites for hydroxylation is 1. The molecule has 3 aromatic carbocycles. The standard InChI is InChI=1S/C29H33Cl2N3O4S/c1-4-16-32-29(36)27(5-2)33(19-22-14-15-25(30)26(31)18-22)28(35)20-34(23-11-9-10-21(3)17-23)39(37,38)24-12-7-6-8-13-24/h6-15,17-18,27H,4-5,16,19-20H2,1-3H3,(H,32,36)/t27-/m0/s1. The minimum absolute atomic E-state index is 0.0425. The zero-order valence-electron chi connectivity index (χ0n) is 22.2. The molecular weight excluding hydrogens is 557 g/mol. The predicted octanol–water partition coefficient (Wildman–Crippen LogP) is 5.83. The average molecular weight is 591 g/mol. The van der Waals surface area contributed by atoms with E-state index in [0.717, 1.165) is 16.3 Å². The lowest BCUT2D eigenvalue weighted by Crippen LogP contribution is -2.52. The molecule has 0 aromatic heterocycles. The van der Waals surface area contributed by atoms with Crippen molar-refractivity contribution in [2.45, 2.75) is 51.1 Å². The molecule has 0 radical (unpaired) electrons. The van der Waals surface area contributed by atoms with Gasteiger partial charge in [-0.2, -0.15) is 0 Å². The van der Waals surface area contributed by atoms with Gasteiger partial charge in [-0.3, -0.25) is 13.9 Å².